The number of methoxy groups -OCH3 is 2. The van der Waals surface area contributed by atoms with Crippen molar-refractivity contribution in [3.63, 3.8) is 0 Å². The molecule has 146 valence electrons. The Bertz CT molecular complexity index is 794. The molecule has 0 aromatic heterocycles. The summed E-state index contributed by atoms with van der Waals surface area (Å²) >= 11 is 0. The van der Waals surface area contributed by atoms with Crippen molar-refractivity contribution in [3.8, 4) is 11.5 Å². The molecule has 3 aromatic carbocycles. The fourth-order valence-corrected chi connectivity index (χ4v) is 4.72. The largest absolute Gasteiger partial charge is 0.468 e. The second-order valence-electron chi connectivity index (χ2n) is 6.16. The van der Waals surface area contributed by atoms with Gasteiger partial charge >= 0.3 is 0 Å². The number of ether oxygens (including phenoxy) is 4. The van der Waals surface area contributed by atoms with Crippen molar-refractivity contribution in [2.75, 3.05) is 27.8 Å². The molecular formula is C23H25O4S+. The number of hydrogen-bond donors (Lipinski definition) is 0. The van der Waals surface area contributed by atoms with Crippen LogP contribution in [0.2, 0.25) is 0 Å². The molecule has 0 unspecified atom stereocenters. The molecule has 0 aliphatic rings. The van der Waals surface area contributed by atoms with Gasteiger partial charge in [-0.2, -0.15) is 0 Å². The zero-order valence-corrected chi connectivity index (χ0v) is 17.2. The summed E-state index contributed by atoms with van der Waals surface area (Å²) in [5.74, 6) is 1.59. The van der Waals surface area contributed by atoms with Gasteiger partial charge in [0.1, 0.15) is 11.5 Å². The van der Waals surface area contributed by atoms with Crippen LogP contribution in [0.1, 0.15) is 5.56 Å². The topological polar surface area (TPSA) is 36.9 Å². The van der Waals surface area contributed by atoms with Crippen molar-refractivity contribution in [1.82, 2.24) is 0 Å². The molecule has 0 bridgehead atoms. The molecule has 0 saturated carbocycles. The third kappa shape index (κ3) is 5.29. The summed E-state index contributed by atoms with van der Waals surface area (Å²) in [6.45, 7) is 2.59. The Morgan fingerprint density at radius 2 is 0.929 bits per heavy atom. The van der Waals surface area contributed by atoms with E-state index in [9.17, 15) is 0 Å². The van der Waals surface area contributed by atoms with Crippen LogP contribution >= 0.6 is 0 Å². The highest BCUT2D eigenvalue weighted by Crippen LogP contribution is 2.33. The van der Waals surface area contributed by atoms with Gasteiger partial charge in [-0.1, -0.05) is 17.7 Å². The monoisotopic (exact) mass is 397 g/mol. The fourth-order valence-electron chi connectivity index (χ4n) is 2.68. The summed E-state index contributed by atoms with van der Waals surface area (Å²) < 4.78 is 21.0. The van der Waals surface area contributed by atoms with Crippen LogP contribution < -0.4 is 9.47 Å². The molecule has 0 atom stereocenters. The highest BCUT2D eigenvalue weighted by atomic mass is 32.2. The summed E-state index contributed by atoms with van der Waals surface area (Å²) in [5, 5.41) is 0. The summed E-state index contributed by atoms with van der Waals surface area (Å²) in [5.41, 5.74) is 1.25. The second kappa shape index (κ2) is 10.2. The van der Waals surface area contributed by atoms with Gasteiger partial charge in [-0.3, -0.25) is 0 Å². The second-order valence-corrected chi connectivity index (χ2v) is 8.19. The average molecular weight is 398 g/mol. The van der Waals surface area contributed by atoms with Gasteiger partial charge in [0, 0.05) is 14.2 Å². The van der Waals surface area contributed by atoms with Crippen molar-refractivity contribution < 1.29 is 18.9 Å². The van der Waals surface area contributed by atoms with Crippen molar-refractivity contribution in [2.24, 2.45) is 0 Å². The molecule has 0 aliphatic carbocycles. The lowest BCUT2D eigenvalue weighted by molar-refractivity contribution is 0.0509. The van der Waals surface area contributed by atoms with Crippen molar-refractivity contribution >= 4 is 10.9 Å². The third-order valence-corrected chi connectivity index (χ3v) is 6.29. The zero-order chi connectivity index (χ0) is 19.8. The van der Waals surface area contributed by atoms with Gasteiger partial charge in [-0.05, 0) is 67.6 Å². The van der Waals surface area contributed by atoms with E-state index >= 15 is 0 Å². The van der Waals surface area contributed by atoms with Crippen molar-refractivity contribution in [1.29, 1.82) is 0 Å². The lowest BCUT2D eigenvalue weighted by Gasteiger charge is -2.10. The normalized spacial score (nSPS) is 10.9. The molecule has 0 heterocycles. The molecule has 5 heteroatoms. The standard InChI is InChI=1S/C23H25O4S/c1-18-4-10-21(11-5-18)28(22-12-6-19(7-13-22)26-16-24-2)23-14-8-20(9-15-23)27-17-25-3/h4-15H,16-17H2,1-3H3/q+1. The summed E-state index contributed by atoms with van der Waals surface area (Å²) in [6.07, 6.45) is 0. The van der Waals surface area contributed by atoms with Gasteiger partial charge in [-0.15, -0.1) is 0 Å². The lowest BCUT2D eigenvalue weighted by Crippen LogP contribution is -2.06. The van der Waals surface area contributed by atoms with E-state index in [4.69, 9.17) is 18.9 Å². The Balaban J connectivity index is 1.92. The minimum Gasteiger partial charge on any atom is -0.468 e. The first kappa shape index (κ1) is 20.3. The molecule has 28 heavy (non-hydrogen) atoms. The van der Waals surface area contributed by atoms with Crippen molar-refractivity contribution in [3.05, 3.63) is 78.4 Å². The summed E-state index contributed by atoms with van der Waals surface area (Å²) in [4.78, 5) is 3.71. The van der Waals surface area contributed by atoms with Gasteiger partial charge in [0.15, 0.2) is 28.3 Å². The van der Waals surface area contributed by atoms with Crippen LogP contribution in [-0.2, 0) is 20.4 Å². The highest BCUT2D eigenvalue weighted by molar-refractivity contribution is 7.97. The van der Waals surface area contributed by atoms with Crippen LogP contribution in [0.15, 0.2) is 87.5 Å². The van der Waals surface area contributed by atoms with E-state index in [0.717, 1.165) is 11.5 Å². The fraction of sp³-hybridized carbons (Fsp3) is 0.217. The van der Waals surface area contributed by atoms with Gasteiger partial charge in [0.25, 0.3) is 0 Å². The van der Waals surface area contributed by atoms with Gasteiger partial charge < -0.3 is 18.9 Å². The predicted octanol–water partition coefficient (Wildman–Crippen LogP) is 5.06. The first-order valence-corrected chi connectivity index (χ1v) is 10.2. The van der Waals surface area contributed by atoms with E-state index in [1.807, 2.05) is 24.3 Å². The van der Waals surface area contributed by atoms with E-state index in [1.54, 1.807) is 14.2 Å². The summed E-state index contributed by atoms with van der Waals surface area (Å²) in [6, 6.07) is 25.1. The summed E-state index contributed by atoms with van der Waals surface area (Å²) in [7, 11) is 3.00. The highest BCUT2D eigenvalue weighted by Gasteiger charge is 2.28. The zero-order valence-electron chi connectivity index (χ0n) is 16.4. The van der Waals surface area contributed by atoms with Gasteiger partial charge in [0.05, 0.1) is 10.9 Å². The Morgan fingerprint density at radius 3 is 1.29 bits per heavy atom. The van der Waals surface area contributed by atoms with E-state index < -0.39 is 0 Å². The first-order chi connectivity index (χ1) is 13.7. The molecule has 0 fully saturated rings. The number of benzene rings is 3. The third-order valence-electron chi connectivity index (χ3n) is 4.06. The molecule has 3 aromatic rings. The Hall–Kier alpha value is -2.47. The molecular weight excluding hydrogens is 372 g/mol. The van der Waals surface area contributed by atoms with Crippen LogP contribution in [0.5, 0.6) is 11.5 Å². The maximum absolute atomic E-state index is 5.52. The van der Waals surface area contributed by atoms with Crippen LogP contribution in [0, 0.1) is 6.92 Å². The number of hydrogen-bond acceptors (Lipinski definition) is 4. The van der Waals surface area contributed by atoms with E-state index in [-0.39, 0.29) is 24.5 Å². The molecule has 4 nitrogen and oxygen atoms in total. The quantitative estimate of drug-likeness (QED) is 0.374. The van der Waals surface area contributed by atoms with Crippen molar-refractivity contribution in [2.45, 2.75) is 21.6 Å². The smallest absolute Gasteiger partial charge is 0.188 e. The molecule has 0 aliphatic heterocycles. The molecule has 0 spiro atoms. The van der Waals surface area contributed by atoms with Crippen LogP contribution in [0.3, 0.4) is 0 Å². The van der Waals surface area contributed by atoms with Crippen LogP contribution in [0.25, 0.3) is 0 Å². The van der Waals surface area contributed by atoms with E-state index in [0.29, 0.717) is 0 Å². The SMILES string of the molecule is COCOc1ccc([S+](c2ccc(C)cc2)c2ccc(OCOC)cc2)cc1. The van der Waals surface area contributed by atoms with Gasteiger partial charge in [-0.25, -0.2) is 0 Å². The van der Waals surface area contributed by atoms with Crippen LogP contribution in [-0.4, -0.2) is 27.8 Å². The van der Waals surface area contributed by atoms with E-state index in [1.165, 1.54) is 20.2 Å². The minimum absolute atomic E-state index is 0.225. The number of aryl methyl sites for hydroxylation is 1. The molecule has 0 amide bonds. The molecule has 3 rings (SSSR count). The number of rotatable bonds is 9. The minimum atomic E-state index is -0.225. The maximum Gasteiger partial charge on any atom is 0.188 e. The molecule has 0 radical (unpaired) electrons. The lowest BCUT2D eigenvalue weighted by atomic mass is 10.2. The van der Waals surface area contributed by atoms with Gasteiger partial charge in [0.2, 0.25) is 0 Å². The Kier molecular flexibility index (Phi) is 7.37. The molecule has 0 N–H and O–H groups in total. The molecule has 0 saturated heterocycles. The van der Waals surface area contributed by atoms with E-state index in [2.05, 4.69) is 55.5 Å². The van der Waals surface area contributed by atoms with Crippen LogP contribution in [0.4, 0.5) is 0 Å². The first-order valence-electron chi connectivity index (χ1n) is 8.96. The Labute approximate surface area is 169 Å². The average Bonchev–Trinajstić information content (AvgIpc) is 2.74. The Morgan fingerprint density at radius 1 is 0.571 bits per heavy atom. The predicted molar refractivity (Wildman–Crippen MR) is 111 cm³/mol. The maximum atomic E-state index is 5.52.